The molecule has 31 heavy (non-hydrogen) atoms. The molecule has 0 bridgehead atoms. The molecule has 0 heterocycles. The van der Waals surface area contributed by atoms with E-state index in [9.17, 15) is 14.7 Å². The third-order valence-corrected chi connectivity index (χ3v) is 4.92. The average Bonchev–Trinajstić information content (AvgIpc) is 2.65. The van der Waals surface area contributed by atoms with Crippen LogP contribution in [0.15, 0.2) is 0 Å². The van der Waals surface area contributed by atoms with Gasteiger partial charge in [0.1, 0.15) is 6.10 Å². The van der Waals surface area contributed by atoms with Crippen molar-refractivity contribution < 1.29 is 24.2 Å². The summed E-state index contributed by atoms with van der Waals surface area (Å²) in [6.07, 6.45) is 0.951. The van der Waals surface area contributed by atoms with Crippen LogP contribution in [-0.2, 0) is 9.59 Å². The SMILES string of the molecule is Cc1c(C)c(OC(=O)C(C)(C)C)c2c(c1OC(=O)C(C)(C)C)C#CCCCC(O)C#C2. The summed E-state index contributed by atoms with van der Waals surface area (Å²) >= 11 is 0. The normalized spacial score (nSPS) is 16.1. The maximum Gasteiger partial charge on any atom is 0.316 e. The van der Waals surface area contributed by atoms with Crippen molar-refractivity contribution in [1.29, 1.82) is 0 Å². The van der Waals surface area contributed by atoms with Crippen molar-refractivity contribution in [2.24, 2.45) is 10.8 Å². The lowest BCUT2D eigenvalue weighted by Gasteiger charge is -2.23. The first-order valence-electron chi connectivity index (χ1n) is 10.5. The molecule has 1 aliphatic carbocycles. The van der Waals surface area contributed by atoms with Gasteiger partial charge in [0, 0.05) is 6.42 Å². The van der Waals surface area contributed by atoms with Gasteiger partial charge in [-0.3, -0.25) is 9.59 Å². The molecule has 0 radical (unpaired) electrons. The van der Waals surface area contributed by atoms with Gasteiger partial charge in [-0.1, -0.05) is 23.7 Å². The number of carbonyl (C=O) groups is 2. The van der Waals surface area contributed by atoms with Crippen LogP contribution in [0.1, 0.15) is 83.1 Å². The predicted molar refractivity (Wildman–Crippen MR) is 120 cm³/mol. The fourth-order valence-electron chi connectivity index (χ4n) is 2.69. The lowest BCUT2D eigenvalue weighted by Crippen LogP contribution is -2.28. The van der Waals surface area contributed by atoms with Gasteiger partial charge in [0.05, 0.1) is 22.0 Å². The van der Waals surface area contributed by atoms with Gasteiger partial charge in [0.15, 0.2) is 11.5 Å². The van der Waals surface area contributed by atoms with Crippen LogP contribution in [-0.4, -0.2) is 23.1 Å². The molecule has 0 saturated carbocycles. The molecule has 1 aliphatic rings. The van der Waals surface area contributed by atoms with Gasteiger partial charge >= 0.3 is 11.9 Å². The van der Waals surface area contributed by atoms with Gasteiger partial charge in [0.2, 0.25) is 0 Å². The maximum absolute atomic E-state index is 12.7. The number of aliphatic hydroxyl groups excluding tert-OH is 1. The molecule has 5 nitrogen and oxygen atoms in total. The molecule has 2 rings (SSSR count). The molecule has 1 N–H and O–H groups in total. The van der Waals surface area contributed by atoms with Crippen LogP contribution in [0.3, 0.4) is 0 Å². The van der Waals surface area contributed by atoms with E-state index in [-0.39, 0.29) is 5.75 Å². The number of ether oxygens (including phenoxy) is 2. The van der Waals surface area contributed by atoms with E-state index in [1.807, 2.05) is 0 Å². The van der Waals surface area contributed by atoms with Crippen LogP contribution < -0.4 is 9.47 Å². The standard InChI is InChI=1S/C26H32O5/c1-16-17(2)22(31-24(29)26(6,7)8)20-15-14-18(27)12-10-9-11-13-19(20)21(16)30-23(28)25(3,4)5/h18,27H,9-10,12H2,1-8H3. The molecule has 0 fully saturated rings. The Labute approximate surface area is 185 Å². The summed E-state index contributed by atoms with van der Waals surface area (Å²) in [6, 6.07) is 0. The zero-order valence-corrected chi connectivity index (χ0v) is 19.8. The Morgan fingerprint density at radius 2 is 1.32 bits per heavy atom. The van der Waals surface area contributed by atoms with Gasteiger partial charge in [-0.15, -0.1) is 0 Å². The number of benzene rings is 1. The minimum Gasteiger partial charge on any atom is -0.424 e. The van der Waals surface area contributed by atoms with Crippen LogP contribution in [0.4, 0.5) is 0 Å². The van der Waals surface area contributed by atoms with Crippen molar-refractivity contribution in [2.75, 3.05) is 0 Å². The van der Waals surface area contributed by atoms with E-state index < -0.39 is 28.9 Å². The quantitative estimate of drug-likeness (QED) is 0.431. The molecule has 0 aromatic heterocycles. The number of hydrogen-bond donors (Lipinski definition) is 1. The largest absolute Gasteiger partial charge is 0.424 e. The molecule has 1 aromatic carbocycles. The van der Waals surface area contributed by atoms with Gasteiger partial charge in [-0.05, 0) is 79.4 Å². The summed E-state index contributed by atoms with van der Waals surface area (Å²) in [7, 11) is 0. The van der Waals surface area contributed by atoms with E-state index in [0.29, 0.717) is 47.3 Å². The molecular formula is C26H32O5. The van der Waals surface area contributed by atoms with Crippen molar-refractivity contribution in [3.63, 3.8) is 0 Å². The Balaban J connectivity index is 2.82. The molecular weight excluding hydrogens is 392 g/mol. The first-order valence-corrected chi connectivity index (χ1v) is 10.5. The predicted octanol–water partition coefficient (Wildman–Crippen LogP) is 4.45. The summed E-state index contributed by atoms with van der Waals surface area (Å²) < 4.78 is 11.6. The molecule has 1 unspecified atom stereocenters. The van der Waals surface area contributed by atoms with E-state index in [0.717, 1.165) is 0 Å². The van der Waals surface area contributed by atoms with Crippen molar-refractivity contribution >= 4 is 11.9 Å². The summed E-state index contributed by atoms with van der Waals surface area (Å²) in [5.41, 5.74) is 0.608. The third kappa shape index (κ3) is 5.90. The number of esters is 2. The molecule has 1 aromatic rings. The molecule has 166 valence electrons. The topological polar surface area (TPSA) is 72.8 Å². The second kappa shape index (κ2) is 9.16. The van der Waals surface area contributed by atoms with Gasteiger partial charge < -0.3 is 14.6 Å². The van der Waals surface area contributed by atoms with Crippen molar-refractivity contribution in [1.82, 2.24) is 0 Å². The van der Waals surface area contributed by atoms with E-state index in [1.165, 1.54) is 0 Å². The van der Waals surface area contributed by atoms with Crippen molar-refractivity contribution in [3.05, 3.63) is 22.3 Å². The first kappa shape index (κ1) is 24.5. The van der Waals surface area contributed by atoms with Gasteiger partial charge in [-0.25, -0.2) is 0 Å². The molecule has 0 aliphatic heterocycles. The lowest BCUT2D eigenvalue weighted by molar-refractivity contribution is -0.144. The average molecular weight is 425 g/mol. The summed E-state index contributed by atoms with van der Waals surface area (Å²) in [6.45, 7) is 14.2. The Morgan fingerprint density at radius 1 is 0.871 bits per heavy atom. The molecule has 5 heteroatoms. The number of fused-ring (bicyclic) bond motifs is 1. The summed E-state index contributed by atoms with van der Waals surface area (Å²) in [5, 5.41) is 10.2. The highest BCUT2D eigenvalue weighted by atomic mass is 16.5. The highest BCUT2D eigenvalue weighted by molar-refractivity contribution is 5.83. The minimum atomic E-state index is -0.818. The van der Waals surface area contributed by atoms with E-state index >= 15 is 0 Å². The lowest BCUT2D eigenvalue weighted by atomic mass is 9.93. The third-order valence-electron chi connectivity index (χ3n) is 4.92. The monoisotopic (exact) mass is 424 g/mol. The molecule has 1 atom stereocenters. The van der Waals surface area contributed by atoms with Crippen molar-refractivity contribution in [3.8, 4) is 35.2 Å². The maximum atomic E-state index is 12.7. The van der Waals surface area contributed by atoms with Gasteiger partial charge in [-0.2, -0.15) is 0 Å². The Kier molecular flexibility index (Phi) is 7.25. The zero-order valence-electron chi connectivity index (χ0n) is 19.8. The summed E-state index contributed by atoms with van der Waals surface area (Å²) in [5.74, 6) is 11.7. The Bertz CT molecular complexity index is 1010. The smallest absolute Gasteiger partial charge is 0.316 e. The molecule has 0 saturated heterocycles. The van der Waals surface area contributed by atoms with E-state index in [4.69, 9.17) is 9.47 Å². The van der Waals surface area contributed by atoms with E-state index in [2.05, 4.69) is 23.7 Å². The number of carbonyl (C=O) groups excluding carboxylic acids is 2. The van der Waals surface area contributed by atoms with E-state index in [1.54, 1.807) is 55.4 Å². The first-order chi connectivity index (χ1) is 14.2. The molecule has 0 spiro atoms. The number of aliphatic hydroxyl groups is 1. The highest BCUT2D eigenvalue weighted by Crippen LogP contribution is 2.39. The van der Waals surface area contributed by atoms with Crippen LogP contribution >= 0.6 is 0 Å². The minimum absolute atomic E-state index is 0.289. The molecule has 0 amide bonds. The number of hydrogen-bond acceptors (Lipinski definition) is 5. The fourth-order valence-corrected chi connectivity index (χ4v) is 2.69. The van der Waals surface area contributed by atoms with Crippen molar-refractivity contribution in [2.45, 2.75) is 80.8 Å². The Hall–Kier alpha value is -2.76. The van der Waals surface area contributed by atoms with Crippen LogP contribution in [0.2, 0.25) is 0 Å². The second-order valence-electron chi connectivity index (χ2n) is 9.92. The highest BCUT2D eigenvalue weighted by Gasteiger charge is 2.31. The zero-order chi connectivity index (χ0) is 23.6. The fraction of sp³-hybridized carbons (Fsp3) is 0.538. The van der Waals surface area contributed by atoms with Crippen LogP contribution in [0, 0.1) is 48.4 Å². The van der Waals surface area contributed by atoms with Gasteiger partial charge in [0.25, 0.3) is 0 Å². The van der Waals surface area contributed by atoms with Crippen LogP contribution in [0.25, 0.3) is 0 Å². The Morgan fingerprint density at radius 3 is 1.77 bits per heavy atom. The summed E-state index contributed by atoms with van der Waals surface area (Å²) in [4.78, 5) is 25.4. The number of rotatable bonds is 2. The van der Waals surface area contributed by atoms with Crippen LogP contribution in [0.5, 0.6) is 11.5 Å². The second-order valence-corrected chi connectivity index (χ2v) is 9.92.